The molecule has 0 amide bonds. The Bertz CT molecular complexity index is 171. The van der Waals surface area contributed by atoms with Crippen molar-refractivity contribution in [3.63, 3.8) is 0 Å². The first kappa shape index (κ1) is 10.3. The van der Waals surface area contributed by atoms with E-state index in [4.69, 9.17) is 5.11 Å². The molecule has 0 bridgehead atoms. The van der Waals surface area contributed by atoms with Crippen molar-refractivity contribution in [1.82, 2.24) is 0 Å². The molecule has 1 unspecified atom stereocenters. The van der Waals surface area contributed by atoms with Crippen molar-refractivity contribution in [1.29, 1.82) is 0 Å². The van der Waals surface area contributed by atoms with Gasteiger partial charge in [-0.3, -0.25) is 0 Å². The number of hydrogen-bond acceptors (Lipinski definition) is 1. The first-order valence-corrected chi connectivity index (χ1v) is 3.87. The van der Waals surface area contributed by atoms with Crippen molar-refractivity contribution < 1.29 is 5.11 Å². The highest BCUT2D eigenvalue weighted by atomic mass is 16.2. The summed E-state index contributed by atoms with van der Waals surface area (Å²) in [6.07, 6.45) is 1.88. The van der Waals surface area contributed by atoms with E-state index in [-0.39, 0.29) is 6.61 Å². The maximum atomic E-state index is 8.37. The summed E-state index contributed by atoms with van der Waals surface area (Å²) >= 11 is 0. The highest BCUT2D eigenvalue weighted by molar-refractivity contribution is 5.01. The number of rotatable bonds is 3. The predicted octanol–water partition coefficient (Wildman–Crippen LogP) is 1.97. The Morgan fingerprint density at radius 2 is 2.18 bits per heavy atom. The standard InChI is InChI=1S/C10H16O/c1-9(2)8-10(3)6-4-5-7-11/h10-11H,1,6-8H2,2-3H3. The van der Waals surface area contributed by atoms with Crippen LogP contribution in [-0.2, 0) is 0 Å². The summed E-state index contributed by atoms with van der Waals surface area (Å²) in [4.78, 5) is 0. The molecule has 1 heteroatoms. The lowest BCUT2D eigenvalue weighted by Crippen LogP contribution is -1.92. The first-order valence-electron chi connectivity index (χ1n) is 3.87. The molecule has 0 aliphatic carbocycles. The summed E-state index contributed by atoms with van der Waals surface area (Å²) in [6.45, 7) is 7.96. The summed E-state index contributed by atoms with van der Waals surface area (Å²) in [5.74, 6) is 6.09. The predicted molar refractivity (Wildman–Crippen MR) is 48.1 cm³/mol. The van der Waals surface area contributed by atoms with Gasteiger partial charge in [0.15, 0.2) is 0 Å². The summed E-state index contributed by atoms with van der Waals surface area (Å²) in [5, 5.41) is 8.37. The second kappa shape index (κ2) is 6.00. The van der Waals surface area contributed by atoms with E-state index in [2.05, 4.69) is 25.3 Å². The molecule has 0 aromatic rings. The zero-order valence-corrected chi connectivity index (χ0v) is 7.35. The van der Waals surface area contributed by atoms with Gasteiger partial charge in [-0.25, -0.2) is 0 Å². The van der Waals surface area contributed by atoms with Crippen LogP contribution in [0.5, 0.6) is 0 Å². The van der Waals surface area contributed by atoms with Crippen LogP contribution in [0.1, 0.15) is 26.7 Å². The van der Waals surface area contributed by atoms with Crippen molar-refractivity contribution >= 4 is 0 Å². The van der Waals surface area contributed by atoms with E-state index in [1.54, 1.807) is 0 Å². The van der Waals surface area contributed by atoms with Gasteiger partial charge in [-0.05, 0) is 19.3 Å². The zero-order chi connectivity index (χ0) is 8.69. The third-order valence-corrected chi connectivity index (χ3v) is 1.35. The molecule has 62 valence electrons. The second-order valence-corrected chi connectivity index (χ2v) is 2.98. The number of aliphatic hydroxyl groups is 1. The van der Waals surface area contributed by atoms with Gasteiger partial charge in [-0.15, -0.1) is 12.5 Å². The molecule has 0 spiro atoms. The fourth-order valence-corrected chi connectivity index (χ4v) is 0.969. The molecule has 0 aromatic heterocycles. The SMILES string of the molecule is C=C(C)CC(C)CC#CCO. The molecule has 1 atom stereocenters. The maximum Gasteiger partial charge on any atom is 0.104 e. The lowest BCUT2D eigenvalue weighted by atomic mass is 10.0. The van der Waals surface area contributed by atoms with Crippen LogP contribution in [-0.4, -0.2) is 11.7 Å². The lowest BCUT2D eigenvalue weighted by molar-refractivity contribution is 0.350. The van der Waals surface area contributed by atoms with E-state index in [0.29, 0.717) is 5.92 Å². The minimum absolute atomic E-state index is 0.0280. The summed E-state index contributed by atoms with van der Waals surface area (Å²) in [7, 11) is 0. The molecule has 0 radical (unpaired) electrons. The van der Waals surface area contributed by atoms with E-state index in [0.717, 1.165) is 12.8 Å². The average molecular weight is 152 g/mol. The first-order chi connectivity index (χ1) is 5.16. The Labute approximate surface area is 69.1 Å². The Hall–Kier alpha value is -0.740. The molecule has 0 aliphatic rings. The molecular weight excluding hydrogens is 136 g/mol. The molecule has 1 nitrogen and oxygen atoms in total. The van der Waals surface area contributed by atoms with E-state index < -0.39 is 0 Å². The number of allylic oxidation sites excluding steroid dienone is 1. The van der Waals surface area contributed by atoms with Crippen molar-refractivity contribution in [2.24, 2.45) is 5.92 Å². The van der Waals surface area contributed by atoms with E-state index in [1.807, 2.05) is 6.92 Å². The van der Waals surface area contributed by atoms with Crippen molar-refractivity contribution in [3.05, 3.63) is 12.2 Å². The Kier molecular flexibility index (Phi) is 5.60. The van der Waals surface area contributed by atoms with Gasteiger partial charge in [0.25, 0.3) is 0 Å². The van der Waals surface area contributed by atoms with Crippen LogP contribution < -0.4 is 0 Å². The van der Waals surface area contributed by atoms with Gasteiger partial charge in [0.05, 0.1) is 0 Å². The fraction of sp³-hybridized carbons (Fsp3) is 0.600. The molecule has 0 fully saturated rings. The summed E-state index contributed by atoms with van der Waals surface area (Å²) in [6, 6.07) is 0. The van der Waals surface area contributed by atoms with E-state index >= 15 is 0 Å². The van der Waals surface area contributed by atoms with Crippen LogP contribution in [0.15, 0.2) is 12.2 Å². The molecule has 0 heterocycles. The third-order valence-electron chi connectivity index (χ3n) is 1.35. The van der Waals surface area contributed by atoms with Gasteiger partial charge < -0.3 is 5.11 Å². The molecule has 11 heavy (non-hydrogen) atoms. The van der Waals surface area contributed by atoms with Crippen molar-refractivity contribution in [3.8, 4) is 11.8 Å². The van der Waals surface area contributed by atoms with Gasteiger partial charge >= 0.3 is 0 Å². The van der Waals surface area contributed by atoms with Crippen LogP contribution in [0, 0.1) is 17.8 Å². The second-order valence-electron chi connectivity index (χ2n) is 2.98. The van der Waals surface area contributed by atoms with Crippen LogP contribution in [0.25, 0.3) is 0 Å². The number of hydrogen-bond donors (Lipinski definition) is 1. The lowest BCUT2D eigenvalue weighted by Gasteiger charge is -2.05. The molecule has 1 N–H and O–H groups in total. The molecule has 0 saturated heterocycles. The van der Waals surface area contributed by atoms with E-state index in [9.17, 15) is 0 Å². The average Bonchev–Trinajstić information content (AvgIpc) is 1.86. The molecular formula is C10H16O. The monoisotopic (exact) mass is 152 g/mol. The Morgan fingerprint density at radius 1 is 1.55 bits per heavy atom. The smallest absolute Gasteiger partial charge is 0.104 e. The maximum absolute atomic E-state index is 8.37. The third kappa shape index (κ3) is 7.15. The van der Waals surface area contributed by atoms with E-state index in [1.165, 1.54) is 5.57 Å². The fourth-order valence-electron chi connectivity index (χ4n) is 0.969. The summed E-state index contributed by atoms with van der Waals surface area (Å²) < 4.78 is 0. The van der Waals surface area contributed by atoms with Crippen LogP contribution in [0.2, 0.25) is 0 Å². The minimum Gasteiger partial charge on any atom is -0.384 e. The Balaban J connectivity index is 3.52. The van der Waals surface area contributed by atoms with Gasteiger partial charge in [0.1, 0.15) is 6.61 Å². The molecule has 0 aliphatic heterocycles. The Morgan fingerprint density at radius 3 is 2.64 bits per heavy atom. The topological polar surface area (TPSA) is 20.2 Å². The quantitative estimate of drug-likeness (QED) is 0.484. The largest absolute Gasteiger partial charge is 0.384 e. The minimum atomic E-state index is -0.0280. The molecule has 0 saturated carbocycles. The van der Waals surface area contributed by atoms with Crippen LogP contribution in [0.3, 0.4) is 0 Å². The molecule has 0 aromatic carbocycles. The number of aliphatic hydroxyl groups excluding tert-OH is 1. The highest BCUT2D eigenvalue weighted by Crippen LogP contribution is 2.11. The van der Waals surface area contributed by atoms with Crippen LogP contribution >= 0.6 is 0 Å². The van der Waals surface area contributed by atoms with Gasteiger partial charge in [0, 0.05) is 6.42 Å². The van der Waals surface area contributed by atoms with Gasteiger partial charge in [-0.1, -0.05) is 18.4 Å². The highest BCUT2D eigenvalue weighted by Gasteiger charge is 1.98. The van der Waals surface area contributed by atoms with Crippen LogP contribution in [0.4, 0.5) is 0 Å². The van der Waals surface area contributed by atoms with Gasteiger partial charge in [-0.2, -0.15) is 0 Å². The van der Waals surface area contributed by atoms with Gasteiger partial charge in [0.2, 0.25) is 0 Å². The zero-order valence-electron chi connectivity index (χ0n) is 7.35. The van der Waals surface area contributed by atoms with Crippen molar-refractivity contribution in [2.75, 3.05) is 6.61 Å². The normalized spacial score (nSPS) is 11.5. The van der Waals surface area contributed by atoms with Crippen molar-refractivity contribution in [2.45, 2.75) is 26.7 Å². The molecule has 0 rings (SSSR count). The summed E-state index contributed by atoms with van der Waals surface area (Å²) in [5.41, 5.74) is 1.20.